The number of hydrogen-bond donors (Lipinski definition) is 1. The van der Waals surface area contributed by atoms with Crippen molar-refractivity contribution >= 4 is 37.6 Å². The Morgan fingerprint density at radius 3 is 2.19 bits per heavy atom. The summed E-state index contributed by atoms with van der Waals surface area (Å²) in [7, 11) is -8.72. The van der Waals surface area contributed by atoms with Gasteiger partial charge >= 0.3 is 0 Å². The first-order valence-corrected chi connectivity index (χ1v) is 15.4. The highest BCUT2D eigenvalue weighted by molar-refractivity contribution is 7.86. The number of Topliss-reactive ketones (excluding diaryl/α,β-unsaturated/α-hetero) is 2. The molecule has 0 aromatic rings. The van der Waals surface area contributed by atoms with Gasteiger partial charge < -0.3 is 5.11 Å². The van der Waals surface area contributed by atoms with E-state index in [1.807, 2.05) is 0 Å². The van der Waals surface area contributed by atoms with Crippen molar-refractivity contribution in [3.05, 3.63) is 23.8 Å². The summed E-state index contributed by atoms with van der Waals surface area (Å²) in [6.45, 7) is 5.56. The molecular weight excluding hydrogens is 531 g/mol. The van der Waals surface area contributed by atoms with Gasteiger partial charge in [0.15, 0.2) is 23.0 Å². The average molecular weight is 563 g/mol. The number of allylic oxidation sites excluding steroid dienone is 3. The molecule has 4 aliphatic carbocycles. The number of carbonyl (C=O) groups is 3. The second kappa shape index (κ2) is 8.10. The Hall–Kier alpha value is -1.80. The molecule has 0 amide bonds. The lowest BCUT2D eigenvalue weighted by Gasteiger charge is -2.62. The monoisotopic (exact) mass is 562 g/mol. The predicted octanol–water partition coefficient (Wildman–Crippen LogP) is 1.04. The Morgan fingerprint density at radius 2 is 1.68 bits per heavy atom. The molecular formula is C24H31FO10S2. The Balaban J connectivity index is 2.07. The van der Waals surface area contributed by atoms with E-state index < -0.39 is 96.1 Å². The molecule has 9 atom stereocenters. The second-order valence-electron chi connectivity index (χ2n) is 11.3. The smallest absolute Gasteiger partial charge is 0.265 e. The van der Waals surface area contributed by atoms with Crippen LogP contribution >= 0.6 is 0 Å². The zero-order valence-electron chi connectivity index (χ0n) is 21.3. The van der Waals surface area contributed by atoms with Crippen molar-refractivity contribution in [2.24, 2.45) is 28.6 Å². The SMILES string of the molecule is CC(=O)[C@@]1(O)[C@H](C)C[C@H]2[C@@H]3[C@@H](OS(C)(=O)=O)[C@@H](OS(C)(=O)=O)C4=CC(=O)C=C[C@]4(C)[C@@]3(F)C(=O)C[C@@]21C. The standard InChI is InChI=1S/C24H31FO10S2/c1-12-9-15-18-20(35-37(6,32)33)19(34-36(5,30)31)16-10-14(27)7-8-21(16,3)23(18,25)17(28)11-22(15,4)24(12,29)13(2)26/h7-8,10,12,15,18-20,29H,9,11H2,1-6H3/t12-,15+,18-,19+,20-,21+,22+,23-,24+/m1/s1. The van der Waals surface area contributed by atoms with Crippen molar-refractivity contribution < 1.29 is 49.1 Å². The number of hydrogen-bond acceptors (Lipinski definition) is 10. The molecule has 3 fully saturated rings. The van der Waals surface area contributed by atoms with Gasteiger partial charge in [0.25, 0.3) is 20.2 Å². The fourth-order valence-corrected chi connectivity index (χ4v) is 8.82. The third kappa shape index (κ3) is 3.75. The van der Waals surface area contributed by atoms with Crippen LogP contribution in [0, 0.1) is 28.6 Å². The zero-order valence-corrected chi connectivity index (χ0v) is 23.0. The molecule has 0 spiro atoms. The maximum atomic E-state index is 17.7. The van der Waals surface area contributed by atoms with Crippen LogP contribution in [-0.2, 0) is 43.0 Å². The minimum atomic E-state index is -4.40. The number of ketones is 3. The molecule has 13 heteroatoms. The molecule has 0 bridgehead atoms. The highest BCUT2D eigenvalue weighted by atomic mass is 32.2. The molecule has 0 unspecified atom stereocenters. The molecule has 4 aliphatic rings. The van der Waals surface area contributed by atoms with Crippen molar-refractivity contribution in [3.63, 3.8) is 0 Å². The molecule has 0 saturated heterocycles. The van der Waals surface area contributed by atoms with Crippen LogP contribution in [0.25, 0.3) is 0 Å². The van der Waals surface area contributed by atoms with Crippen LogP contribution in [0.1, 0.15) is 40.5 Å². The van der Waals surface area contributed by atoms with Crippen LogP contribution in [0.5, 0.6) is 0 Å². The van der Waals surface area contributed by atoms with Gasteiger partial charge in [-0.25, -0.2) is 4.39 Å². The maximum Gasteiger partial charge on any atom is 0.265 e. The number of rotatable bonds is 5. The topological polar surface area (TPSA) is 158 Å². The van der Waals surface area contributed by atoms with Crippen molar-refractivity contribution in [2.75, 3.05) is 12.5 Å². The van der Waals surface area contributed by atoms with E-state index in [1.54, 1.807) is 6.92 Å². The molecule has 0 aliphatic heterocycles. The van der Waals surface area contributed by atoms with Gasteiger partial charge in [-0.3, -0.25) is 22.7 Å². The summed E-state index contributed by atoms with van der Waals surface area (Å²) < 4.78 is 77.7. The highest BCUT2D eigenvalue weighted by Gasteiger charge is 2.79. The van der Waals surface area contributed by atoms with E-state index in [0.717, 1.165) is 12.2 Å². The fourth-order valence-electron chi connectivity index (χ4n) is 7.61. The van der Waals surface area contributed by atoms with Gasteiger partial charge in [-0.2, -0.15) is 16.8 Å². The fraction of sp³-hybridized carbons (Fsp3) is 0.708. The number of aliphatic hydroxyl groups is 1. The minimum Gasteiger partial charge on any atom is -0.381 e. The summed E-state index contributed by atoms with van der Waals surface area (Å²) in [5.74, 6) is -5.67. The van der Waals surface area contributed by atoms with Crippen molar-refractivity contribution in [2.45, 2.75) is 64.0 Å². The molecule has 0 radical (unpaired) electrons. The molecule has 0 aromatic carbocycles. The summed E-state index contributed by atoms with van der Waals surface area (Å²) >= 11 is 0. The van der Waals surface area contributed by atoms with Gasteiger partial charge in [-0.05, 0) is 49.8 Å². The zero-order chi connectivity index (χ0) is 28.1. The van der Waals surface area contributed by atoms with Crippen LogP contribution in [0.3, 0.4) is 0 Å². The van der Waals surface area contributed by atoms with E-state index in [-0.39, 0.29) is 12.0 Å². The number of fused-ring (bicyclic) bond motifs is 5. The quantitative estimate of drug-likeness (QED) is 0.480. The van der Waals surface area contributed by atoms with E-state index in [0.29, 0.717) is 12.5 Å². The van der Waals surface area contributed by atoms with Gasteiger partial charge in [0, 0.05) is 17.8 Å². The Morgan fingerprint density at radius 1 is 1.11 bits per heavy atom. The molecule has 0 heterocycles. The number of halogens is 1. The van der Waals surface area contributed by atoms with E-state index >= 15 is 4.39 Å². The van der Waals surface area contributed by atoms with E-state index in [2.05, 4.69) is 0 Å². The number of alkyl halides is 1. The first-order valence-electron chi connectivity index (χ1n) is 11.8. The normalized spacial score (nSPS) is 45.6. The van der Waals surface area contributed by atoms with Crippen LogP contribution in [-0.4, -0.2) is 75.3 Å². The van der Waals surface area contributed by atoms with Crippen LogP contribution in [0.2, 0.25) is 0 Å². The summed E-state index contributed by atoms with van der Waals surface area (Å²) in [4.78, 5) is 38.9. The largest absolute Gasteiger partial charge is 0.381 e. The second-order valence-corrected chi connectivity index (χ2v) is 14.5. The third-order valence-electron chi connectivity index (χ3n) is 9.13. The predicted molar refractivity (Wildman–Crippen MR) is 128 cm³/mol. The Labute approximate surface area is 215 Å². The van der Waals surface area contributed by atoms with Crippen LogP contribution < -0.4 is 0 Å². The Bertz CT molecular complexity index is 1370. The molecule has 4 rings (SSSR count). The molecule has 3 saturated carbocycles. The minimum absolute atomic E-state index is 0.0170. The van der Waals surface area contributed by atoms with Gasteiger partial charge in [0.1, 0.15) is 17.8 Å². The summed E-state index contributed by atoms with van der Waals surface area (Å²) in [5, 5.41) is 11.6. The third-order valence-corrected chi connectivity index (χ3v) is 10.3. The van der Waals surface area contributed by atoms with E-state index in [4.69, 9.17) is 8.37 Å². The summed E-state index contributed by atoms with van der Waals surface area (Å²) in [5.41, 5.74) is -8.59. The molecule has 37 heavy (non-hydrogen) atoms. The van der Waals surface area contributed by atoms with Gasteiger partial charge in [-0.15, -0.1) is 0 Å². The van der Waals surface area contributed by atoms with Gasteiger partial charge in [0.2, 0.25) is 0 Å². The molecule has 0 aromatic heterocycles. The van der Waals surface area contributed by atoms with Crippen molar-refractivity contribution in [1.29, 1.82) is 0 Å². The van der Waals surface area contributed by atoms with E-state index in [9.17, 15) is 36.3 Å². The van der Waals surface area contributed by atoms with Crippen LogP contribution in [0.15, 0.2) is 23.8 Å². The van der Waals surface area contributed by atoms with Crippen molar-refractivity contribution in [1.82, 2.24) is 0 Å². The molecule has 10 nitrogen and oxygen atoms in total. The number of carbonyl (C=O) groups excluding carboxylic acids is 3. The van der Waals surface area contributed by atoms with Crippen molar-refractivity contribution in [3.8, 4) is 0 Å². The summed E-state index contributed by atoms with van der Waals surface area (Å²) in [6, 6.07) is 0. The molecule has 206 valence electrons. The van der Waals surface area contributed by atoms with Crippen LogP contribution in [0.4, 0.5) is 4.39 Å². The average Bonchev–Trinajstić information content (AvgIpc) is 2.92. The Kier molecular flexibility index (Phi) is 6.18. The van der Waals surface area contributed by atoms with Gasteiger partial charge in [0.05, 0.1) is 17.9 Å². The van der Waals surface area contributed by atoms with Gasteiger partial charge in [-0.1, -0.05) is 19.9 Å². The van der Waals surface area contributed by atoms with E-state index in [1.165, 1.54) is 26.8 Å². The lowest BCUT2D eigenvalue weighted by atomic mass is 9.44. The maximum absolute atomic E-state index is 17.7. The summed E-state index contributed by atoms with van der Waals surface area (Å²) in [6.07, 6.45) is 0.356. The lowest BCUT2D eigenvalue weighted by Crippen LogP contribution is -2.73. The lowest BCUT2D eigenvalue weighted by molar-refractivity contribution is -0.203. The first kappa shape index (κ1) is 28.2. The molecule has 1 N–H and O–H groups in total. The first-order chi connectivity index (χ1) is 16.6. The highest BCUT2D eigenvalue weighted by Crippen LogP contribution is 2.70.